The first-order valence-corrected chi connectivity index (χ1v) is 3.89. The van der Waals surface area contributed by atoms with E-state index in [0.717, 1.165) is 25.9 Å². The van der Waals surface area contributed by atoms with E-state index in [4.69, 9.17) is 0 Å². The van der Waals surface area contributed by atoms with Gasteiger partial charge in [0.05, 0.1) is 6.10 Å². The summed E-state index contributed by atoms with van der Waals surface area (Å²) in [7, 11) is 0. The number of fused-ring (bicyclic) bond motifs is 3. The van der Waals surface area contributed by atoms with Gasteiger partial charge in [0.1, 0.15) is 6.23 Å². The van der Waals surface area contributed by atoms with E-state index < -0.39 is 12.3 Å². The van der Waals surface area contributed by atoms with Crippen LogP contribution in [0, 0.1) is 5.92 Å². The average molecular weight is 143 g/mol. The van der Waals surface area contributed by atoms with Crippen LogP contribution in [-0.4, -0.2) is 40.5 Å². The van der Waals surface area contributed by atoms with Crippen molar-refractivity contribution in [3.05, 3.63) is 0 Å². The first-order valence-electron chi connectivity index (χ1n) is 3.89. The summed E-state index contributed by atoms with van der Waals surface area (Å²) in [4.78, 5) is 1.95. The van der Waals surface area contributed by atoms with Gasteiger partial charge in [0.2, 0.25) is 0 Å². The highest BCUT2D eigenvalue weighted by molar-refractivity contribution is 4.89. The Morgan fingerprint density at radius 1 is 1.10 bits per heavy atom. The smallest absolute Gasteiger partial charge is 0.133 e. The Morgan fingerprint density at radius 2 is 1.70 bits per heavy atom. The van der Waals surface area contributed by atoms with Crippen molar-refractivity contribution in [2.45, 2.75) is 25.2 Å². The van der Waals surface area contributed by atoms with E-state index in [9.17, 15) is 10.2 Å². The third-order valence-corrected chi connectivity index (χ3v) is 2.74. The van der Waals surface area contributed by atoms with Crippen LogP contribution in [0.4, 0.5) is 0 Å². The highest BCUT2D eigenvalue weighted by Crippen LogP contribution is 2.30. The Labute approximate surface area is 60.3 Å². The van der Waals surface area contributed by atoms with Crippen molar-refractivity contribution < 1.29 is 10.2 Å². The summed E-state index contributed by atoms with van der Waals surface area (Å²) in [5.41, 5.74) is 0. The molecule has 0 aromatic heterocycles. The fraction of sp³-hybridized carbons (Fsp3) is 1.00. The molecule has 1 unspecified atom stereocenters. The Morgan fingerprint density at radius 3 is 2.00 bits per heavy atom. The van der Waals surface area contributed by atoms with Crippen molar-refractivity contribution in [3.63, 3.8) is 0 Å². The molecule has 58 valence electrons. The van der Waals surface area contributed by atoms with E-state index in [-0.39, 0.29) is 0 Å². The summed E-state index contributed by atoms with van der Waals surface area (Å²) in [6.07, 6.45) is 1.05. The van der Waals surface area contributed by atoms with Gasteiger partial charge in [-0.15, -0.1) is 0 Å². The molecule has 0 aromatic carbocycles. The number of rotatable bonds is 0. The highest BCUT2D eigenvalue weighted by Gasteiger charge is 2.39. The van der Waals surface area contributed by atoms with Gasteiger partial charge in [-0.3, -0.25) is 4.90 Å². The summed E-state index contributed by atoms with van der Waals surface area (Å²) in [6, 6.07) is 0. The van der Waals surface area contributed by atoms with Gasteiger partial charge in [0.15, 0.2) is 0 Å². The maximum atomic E-state index is 9.38. The van der Waals surface area contributed by atoms with Gasteiger partial charge in [-0.05, 0) is 18.8 Å². The van der Waals surface area contributed by atoms with Crippen molar-refractivity contribution in [1.29, 1.82) is 0 Å². The first-order chi connectivity index (χ1) is 4.79. The molecule has 0 saturated carbocycles. The minimum Gasteiger partial charge on any atom is -0.389 e. The first kappa shape index (κ1) is 6.58. The lowest BCUT2D eigenvalue weighted by molar-refractivity contribution is -0.163. The largest absolute Gasteiger partial charge is 0.389 e. The van der Waals surface area contributed by atoms with Crippen LogP contribution in [0.25, 0.3) is 0 Å². The van der Waals surface area contributed by atoms with Crippen molar-refractivity contribution in [1.82, 2.24) is 4.90 Å². The van der Waals surface area contributed by atoms with Gasteiger partial charge in [0.25, 0.3) is 0 Å². The Bertz CT molecular complexity index is 112. The van der Waals surface area contributed by atoms with Gasteiger partial charge < -0.3 is 10.2 Å². The van der Waals surface area contributed by atoms with E-state index in [1.165, 1.54) is 0 Å². The SMILES string of the molecule is OC1C2CCN(CC2)[C@@H]1O. The standard InChI is InChI=1S/C7H13NO2/c9-6-5-1-3-8(4-2-5)7(6)10/h5-7,9-10H,1-4H2/t6?,7-/m1/s1. The minimum atomic E-state index is -0.576. The molecular formula is C7H13NO2. The molecule has 3 heterocycles. The van der Waals surface area contributed by atoms with Gasteiger partial charge in [-0.2, -0.15) is 0 Å². The van der Waals surface area contributed by atoms with Gasteiger partial charge in [-0.1, -0.05) is 0 Å². The number of hydrogen-bond acceptors (Lipinski definition) is 3. The van der Waals surface area contributed by atoms with Gasteiger partial charge in [-0.25, -0.2) is 0 Å². The van der Waals surface area contributed by atoms with Crippen LogP contribution >= 0.6 is 0 Å². The molecule has 0 aliphatic carbocycles. The summed E-state index contributed by atoms with van der Waals surface area (Å²) in [5, 5.41) is 18.7. The second-order valence-electron chi connectivity index (χ2n) is 3.28. The summed E-state index contributed by atoms with van der Waals surface area (Å²) in [5.74, 6) is 0.361. The zero-order chi connectivity index (χ0) is 7.14. The molecule has 0 amide bonds. The monoisotopic (exact) mass is 143 g/mol. The van der Waals surface area contributed by atoms with Crippen molar-refractivity contribution >= 4 is 0 Å². The molecule has 10 heavy (non-hydrogen) atoms. The molecule has 3 fully saturated rings. The minimum absolute atomic E-state index is 0.361. The third kappa shape index (κ3) is 0.779. The fourth-order valence-electron chi connectivity index (χ4n) is 1.98. The van der Waals surface area contributed by atoms with E-state index in [1.54, 1.807) is 0 Å². The van der Waals surface area contributed by atoms with Crippen LogP contribution in [0.3, 0.4) is 0 Å². The fourth-order valence-corrected chi connectivity index (χ4v) is 1.98. The van der Waals surface area contributed by atoms with Crippen molar-refractivity contribution in [2.75, 3.05) is 13.1 Å². The van der Waals surface area contributed by atoms with Gasteiger partial charge in [0, 0.05) is 13.1 Å². The number of hydrogen-bond donors (Lipinski definition) is 2. The Hall–Kier alpha value is -0.120. The average Bonchev–Trinajstić information content (AvgIpc) is 2.00. The van der Waals surface area contributed by atoms with E-state index >= 15 is 0 Å². The lowest BCUT2D eigenvalue weighted by Gasteiger charge is -2.46. The zero-order valence-corrected chi connectivity index (χ0v) is 5.90. The maximum absolute atomic E-state index is 9.38. The number of aliphatic hydroxyl groups is 2. The van der Waals surface area contributed by atoms with Crippen LogP contribution in [0.1, 0.15) is 12.8 Å². The van der Waals surface area contributed by atoms with Crippen LogP contribution in [0.15, 0.2) is 0 Å². The Kier molecular flexibility index (Phi) is 1.44. The normalized spacial score (nSPS) is 53.4. The van der Waals surface area contributed by atoms with E-state index in [2.05, 4.69) is 0 Å². The van der Waals surface area contributed by atoms with Crippen LogP contribution in [0.5, 0.6) is 0 Å². The topological polar surface area (TPSA) is 43.7 Å². The highest BCUT2D eigenvalue weighted by atomic mass is 16.3. The quantitative estimate of drug-likeness (QED) is 0.475. The molecule has 3 aliphatic rings. The molecule has 2 bridgehead atoms. The van der Waals surface area contributed by atoms with Crippen LogP contribution in [0.2, 0.25) is 0 Å². The molecule has 0 aromatic rings. The van der Waals surface area contributed by atoms with E-state index in [1.807, 2.05) is 4.90 Å². The predicted octanol–water partition coefficient (Wildman–Crippen LogP) is -0.609. The number of aliphatic hydroxyl groups excluding tert-OH is 2. The van der Waals surface area contributed by atoms with Gasteiger partial charge >= 0.3 is 0 Å². The molecule has 3 rings (SSSR count). The molecular weight excluding hydrogens is 130 g/mol. The second-order valence-corrected chi connectivity index (χ2v) is 3.28. The summed E-state index contributed by atoms with van der Waals surface area (Å²) < 4.78 is 0. The van der Waals surface area contributed by atoms with Crippen molar-refractivity contribution in [3.8, 4) is 0 Å². The number of piperidine rings is 3. The molecule has 2 N–H and O–H groups in total. The van der Waals surface area contributed by atoms with E-state index in [0.29, 0.717) is 5.92 Å². The molecule has 3 heteroatoms. The molecule has 3 saturated heterocycles. The molecule has 3 nitrogen and oxygen atoms in total. The molecule has 3 aliphatic heterocycles. The van der Waals surface area contributed by atoms with Crippen molar-refractivity contribution in [2.24, 2.45) is 5.92 Å². The zero-order valence-electron chi connectivity index (χ0n) is 5.90. The molecule has 2 atom stereocenters. The molecule has 0 radical (unpaired) electrons. The predicted molar refractivity (Wildman–Crippen MR) is 36.3 cm³/mol. The molecule has 0 spiro atoms. The third-order valence-electron chi connectivity index (χ3n) is 2.74. The second kappa shape index (κ2) is 2.19. The summed E-state index contributed by atoms with van der Waals surface area (Å²) in [6.45, 7) is 1.92. The van der Waals surface area contributed by atoms with Crippen LogP contribution in [-0.2, 0) is 0 Å². The van der Waals surface area contributed by atoms with Crippen LogP contribution < -0.4 is 0 Å². The lowest BCUT2D eigenvalue weighted by Crippen LogP contribution is -2.57. The lowest BCUT2D eigenvalue weighted by atomic mass is 9.85. The Balaban J connectivity index is 2.13. The summed E-state index contributed by atoms with van der Waals surface area (Å²) >= 11 is 0. The maximum Gasteiger partial charge on any atom is 0.133 e. The number of nitrogens with zero attached hydrogens (tertiary/aromatic N) is 1.